The first-order chi connectivity index (χ1) is 12.2. The molecule has 25 heavy (non-hydrogen) atoms. The van der Waals surface area contributed by atoms with Crippen LogP contribution in [-0.4, -0.2) is 22.6 Å². The lowest BCUT2D eigenvalue weighted by Crippen LogP contribution is -2.29. The fraction of sp³-hybridized carbons (Fsp3) is 0.211. The summed E-state index contributed by atoms with van der Waals surface area (Å²) in [6.07, 6.45) is 2.34. The number of fused-ring (bicyclic) bond motifs is 2. The SMILES string of the molecule is CCCCSc1nc2ccc(N3C(=O)c4ccccc4C3=O)cc2s1. The van der Waals surface area contributed by atoms with Gasteiger partial charge in [-0.05, 0) is 36.8 Å². The van der Waals surface area contributed by atoms with Crippen molar-refractivity contribution in [1.82, 2.24) is 4.98 Å². The van der Waals surface area contributed by atoms with E-state index >= 15 is 0 Å². The number of aromatic nitrogens is 1. The lowest BCUT2D eigenvalue weighted by Gasteiger charge is -2.13. The molecule has 2 amide bonds. The molecular weight excluding hydrogens is 352 g/mol. The minimum Gasteiger partial charge on any atom is -0.268 e. The van der Waals surface area contributed by atoms with Crippen LogP contribution >= 0.6 is 23.1 Å². The monoisotopic (exact) mass is 368 g/mol. The third kappa shape index (κ3) is 2.85. The third-order valence-electron chi connectivity index (χ3n) is 4.13. The number of amides is 2. The van der Waals surface area contributed by atoms with Gasteiger partial charge in [0.25, 0.3) is 11.8 Å². The molecule has 0 bridgehead atoms. The smallest absolute Gasteiger partial charge is 0.266 e. The van der Waals surface area contributed by atoms with Crippen molar-refractivity contribution in [3.8, 4) is 0 Å². The number of thiazole rings is 1. The Morgan fingerprint density at radius 1 is 1.08 bits per heavy atom. The Morgan fingerprint density at radius 2 is 1.80 bits per heavy atom. The summed E-state index contributed by atoms with van der Waals surface area (Å²) in [5.74, 6) is 0.533. The van der Waals surface area contributed by atoms with Crippen LogP contribution < -0.4 is 4.90 Å². The molecule has 0 radical (unpaired) electrons. The van der Waals surface area contributed by atoms with Gasteiger partial charge in [0.15, 0.2) is 4.34 Å². The van der Waals surface area contributed by atoms with Crippen LogP contribution in [0.2, 0.25) is 0 Å². The molecule has 0 saturated carbocycles. The first kappa shape index (κ1) is 16.3. The molecule has 1 aliphatic rings. The standard InChI is InChI=1S/C19H16N2O2S2/c1-2-3-10-24-19-20-15-9-8-12(11-16(15)25-19)21-17(22)13-6-4-5-7-14(13)18(21)23/h4-9,11H,2-3,10H2,1H3. The molecule has 6 heteroatoms. The molecule has 3 aromatic rings. The van der Waals surface area contributed by atoms with E-state index in [0.717, 1.165) is 20.3 Å². The van der Waals surface area contributed by atoms with Crippen LogP contribution in [0.5, 0.6) is 0 Å². The highest BCUT2D eigenvalue weighted by Gasteiger charge is 2.36. The average Bonchev–Trinajstić information content (AvgIpc) is 3.14. The van der Waals surface area contributed by atoms with E-state index in [-0.39, 0.29) is 11.8 Å². The first-order valence-electron chi connectivity index (χ1n) is 8.20. The first-order valence-corrected chi connectivity index (χ1v) is 10.0. The van der Waals surface area contributed by atoms with Gasteiger partial charge < -0.3 is 0 Å². The van der Waals surface area contributed by atoms with Gasteiger partial charge in [-0.2, -0.15) is 0 Å². The second-order valence-corrected chi connectivity index (χ2v) is 8.20. The largest absolute Gasteiger partial charge is 0.268 e. The second kappa shape index (κ2) is 6.61. The highest BCUT2D eigenvalue weighted by molar-refractivity contribution is 8.01. The molecule has 126 valence electrons. The fourth-order valence-electron chi connectivity index (χ4n) is 2.82. The summed E-state index contributed by atoms with van der Waals surface area (Å²) in [4.78, 5) is 31.1. The molecule has 0 saturated heterocycles. The molecule has 4 rings (SSSR count). The summed E-state index contributed by atoms with van der Waals surface area (Å²) in [5.41, 5.74) is 2.44. The Kier molecular flexibility index (Phi) is 4.31. The number of benzene rings is 2. The number of carbonyl (C=O) groups excluding carboxylic acids is 2. The van der Waals surface area contributed by atoms with Crippen molar-refractivity contribution in [2.75, 3.05) is 10.7 Å². The number of thioether (sulfide) groups is 1. The van der Waals surface area contributed by atoms with Crippen molar-refractivity contribution in [2.45, 2.75) is 24.1 Å². The Labute approximate surface area is 153 Å². The normalized spacial score (nSPS) is 13.7. The van der Waals surface area contributed by atoms with Gasteiger partial charge in [-0.3, -0.25) is 9.59 Å². The summed E-state index contributed by atoms with van der Waals surface area (Å²) < 4.78 is 2.02. The van der Waals surface area contributed by atoms with E-state index in [1.165, 1.54) is 17.7 Å². The van der Waals surface area contributed by atoms with E-state index in [9.17, 15) is 9.59 Å². The van der Waals surface area contributed by atoms with Crippen LogP contribution in [0.15, 0.2) is 46.8 Å². The summed E-state index contributed by atoms with van der Waals surface area (Å²) in [7, 11) is 0. The maximum Gasteiger partial charge on any atom is 0.266 e. The molecule has 0 unspecified atom stereocenters. The van der Waals surface area contributed by atoms with Crippen LogP contribution in [0.25, 0.3) is 10.2 Å². The van der Waals surface area contributed by atoms with Gasteiger partial charge in [0.05, 0.1) is 27.0 Å². The third-order valence-corrected chi connectivity index (χ3v) is 6.38. The molecular formula is C19H16N2O2S2. The van der Waals surface area contributed by atoms with Crippen molar-refractivity contribution in [2.24, 2.45) is 0 Å². The quantitative estimate of drug-likeness (QED) is 0.362. The Hall–Kier alpha value is -2.18. The molecule has 4 nitrogen and oxygen atoms in total. The molecule has 1 aliphatic heterocycles. The highest BCUT2D eigenvalue weighted by Crippen LogP contribution is 2.35. The highest BCUT2D eigenvalue weighted by atomic mass is 32.2. The summed E-state index contributed by atoms with van der Waals surface area (Å²) in [5, 5.41) is 0. The van der Waals surface area contributed by atoms with Gasteiger partial charge in [-0.15, -0.1) is 11.3 Å². The second-order valence-electron chi connectivity index (χ2n) is 5.83. The number of hydrogen-bond acceptors (Lipinski definition) is 5. The van der Waals surface area contributed by atoms with E-state index in [1.807, 2.05) is 12.1 Å². The fourth-order valence-corrected chi connectivity index (χ4v) is 5.08. The molecule has 0 N–H and O–H groups in total. The number of hydrogen-bond donors (Lipinski definition) is 0. The van der Waals surface area contributed by atoms with Crippen molar-refractivity contribution < 1.29 is 9.59 Å². The van der Waals surface area contributed by atoms with Gasteiger partial charge >= 0.3 is 0 Å². The molecule has 0 aliphatic carbocycles. The van der Waals surface area contributed by atoms with E-state index in [0.29, 0.717) is 16.8 Å². The van der Waals surface area contributed by atoms with Crippen LogP contribution in [0, 0.1) is 0 Å². The molecule has 0 atom stereocenters. The maximum atomic E-state index is 12.6. The zero-order chi connectivity index (χ0) is 17.4. The number of carbonyl (C=O) groups is 2. The van der Waals surface area contributed by atoms with Gasteiger partial charge in [0.1, 0.15) is 0 Å². The van der Waals surface area contributed by atoms with E-state index in [2.05, 4.69) is 11.9 Å². The van der Waals surface area contributed by atoms with Gasteiger partial charge in [-0.1, -0.05) is 37.2 Å². The topological polar surface area (TPSA) is 50.3 Å². The van der Waals surface area contributed by atoms with Crippen LogP contribution in [0.1, 0.15) is 40.5 Å². The van der Waals surface area contributed by atoms with Crippen molar-refractivity contribution in [1.29, 1.82) is 0 Å². The van der Waals surface area contributed by atoms with Crippen LogP contribution in [0.3, 0.4) is 0 Å². The predicted octanol–water partition coefficient (Wildman–Crippen LogP) is 4.99. The average molecular weight is 368 g/mol. The van der Waals surface area contributed by atoms with Crippen LogP contribution in [0.4, 0.5) is 5.69 Å². The number of anilines is 1. The summed E-state index contributed by atoms with van der Waals surface area (Å²) in [6, 6.07) is 12.5. The van der Waals surface area contributed by atoms with Crippen molar-refractivity contribution >= 4 is 50.8 Å². The minimum absolute atomic E-state index is 0.262. The van der Waals surface area contributed by atoms with Gasteiger partial charge in [-0.25, -0.2) is 9.88 Å². The lowest BCUT2D eigenvalue weighted by atomic mass is 10.1. The zero-order valence-corrected chi connectivity index (χ0v) is 15.3. The summed E-state index contributed by atoms with van der Waals surface area (Å²) in [6.45, 7) is 2.17. The zero-order valence-electron chi connectivity index (χ0n) is 13.7. The molecule has 2 aromatic carbocycles. The number of unbranched alkanes of at least 4 members (excludes halogenated alkanes) is 1. The van der Waals surface area contributed by atoms with Crippen LogP contribution in [-0.2, 0) is 0 Å². The number of nitrogens with zero attached hydrogens (tertiary/aromatic N) is 2. The van der Waals surface area contributed by atoms with Crippen molar-refractivity contribution in [3.63, 3.8) is 0 Å². The predicted molar refractivity (Wildman–Crippen MR) is 103 cm³/mol. The minimum atomic E-state index is -0.262. The van der Waals surface area contributed by atoms with Gasteiger partial charge in [0.2, 0.25) is 0 Å². The molecule has 0 fully saturated rings. The van der Waals surface area contributed by atoms with E-state index in [1.54, 1.807) is 53.4 Å². The van der Waals surface area contributed by atoms with E-state index in [4.69, 9.17) is 0 Å². The molecule has 2 heterocycles. The maximum absolute atomic E-state index is 12.6. The Bertz CT molecular complexity index is 945. The molecule has 0 spiro atoms. The summed E-state index contributed by atoms with van der Waals surface area (Å²) >= 11 is 3.37. The number of rotatable bonds is 5. The lowest BCUT2D eigenvalue weighted by molar-refractivity contribution is 0.0926. The molecule has 1 aromatic heterocycles. The number of imide groups is 1. The Morgan fingerprint density at radius 3 is 2.48 bits per heavy atom. The van der Waals surface area contributed by atoms with E-state index < -0.39 is 0 Å². The van der Waals surface area contributed by atoms with Gasteiger partial charge in [0, 0.05) is 5.75 Å². The Balaban J connectivity index is 1.66. The van der Waals surface area contributed by atoms with Crippen molar-refractivity contribution in [3.05, 3.63) is 53.6 Å².